The number of methoxy groups -OCH3 is 1. The minimum absolute atomic E-state index is 0.0957. The predicted molar refractivity (Wildman–Crippen MR) is 127 cm³/mol. The molecule has 0 aromatic heterocycles. The third-order valence-electron chi connectivity index (χ3n) is 5.95. The first-order chi connectivity index (χ1) is 16.3. The van der Waals surface area contributed by atoms with Crippen molar-refractivity contribution < 1.29 is 27.4 Å². The monoisotopic (exact) mass is 486 g/mol. The number of carbonyl (C=O) groups is 1. The molecule has 0 spiro atoms. The second kappa shape index (κ2) is 10.1. The zero-order valence-corrected chi connectivity index (χ0v) is 19.8. The number of aryl methyl sites for hydroxylation is 1. The first-order valence-corrected chi connectivity index (χ1v) is 12.0. The molecule has 3 aromatic rings. The van der Waals surface area contributed by atoms with Crippen LogP contribution >= 0.6 is 11.8 Å². The van der Waals surface area contributed by atoms with Gasteiger partial charge in [0.05, 0.1) is 12.7 Å². The fraction of sp³-hybridized carbons (Fsp3) is 0.296. The van der Waals surface area contributed by atoms with Crippen LogP contribution < -0.4 is 4.74 Å². The van der Waals surface area contributed by atoms with Gasteiger partial charge in [0.2, 0.25) is 0 Å². The van der Waals surface area contributed by atoms with Gasteiger partial charge in [-0.05, 0) is 77.8 Å². The number of halogens is 3. The summed E-state index contributed by atoms with van der Waals surface area (Å²) in [7, 11) is 1.35. The Morgan fingerprint density at radius 3 is 2.21 bits per heavy atom. The number of fused-ring (bicyclic) bond motifs is 1. The third-order valence-corrected chi connectivity index (χ3v) is 7.10. The van der Waals surface area contributed by atoms with Crippen molar-refractivity contribution >= 4 is 17.7 Å². The van der Waals surface area contributed by atoms with Gasteiger partial charge in [0.1, 0.15) is 5.75 Å². The Bertz CT molecular complexity index is 1170. The van der Waals surface area contributed by atoms with Crippen LogP contribution in [0.5, 0.6) is 5.75 Å². The van der Waals surface area contributed by atoms with Gasteiger partial charge >= 0.3 is 12.1 Å². The van der Waals surface area contributed by atoms with Crippen molar-refractivity contribution in [1.29, 1.82) is 0 Å². The van der Waals surface area contributed by atoms with Gasteiger partial charge in [-0.2, -0.15) is 13.2 Å². The summed E-state index contributed by atoms with van der Waals surface area (Å²) in [5, 5.41) is 0. The minimum Gasteiger partial charge on any atom is -0.481 e. The summed E-state index contributed by atoms with van der Waals surface area (Å²) >= 11 is 1.76. The van der Waals surface area contributed by atoms with E-state index in [1.54, 1.807) is 11.8 Å². The number of ether oxygens (including phenoxy) is 2. The molecule has 0 radical (unpaired) electrons. The molecule has 3 nitrogen and oxygen atoms in total. The summed E-state index contributed by atoms with van der Waals surface area (Å²) < 4.78 is 48.8. The third kappa shape index (κ3) is 5.41. The van der Waals surface area contributed by atoms with Gasteiger partial charge in [0, 0.05) is 10.6 Å². The Labute approximate surface area is 201 Å². The molecule has 178 valence electrons. The van der Waals surface area contributed by atoms with Crippen LogP contribution in [0.2, 0.25) is 0 Å². The summed E-state index contributed by atoms with van der Waals surface area (Å²) in [4.78, 5) is 12.7. The van der Waals surface area contributed by atoms with E-state index in [-0.39, 0.29) is 6.61 Å². The van der Waals surface area contributed by atoms with Crippen LogP contribution in [0.3, 0.4) is 0 Å². The second-order valence-electron chi connectivity index (χ2n) is 8.26. The number of alkyl halides is 3. The lowest BCUT2D eigenvalue weighted by Crippen LogP contribution is -2.14. The molecular formula is C27H25F3O3S. The first-order valence-electron chi connectivity index (χ1n) is 11.0. The molecule has 0 aliphatic heterocycles. The minimum atomic E-state index is -4.33. The lowest BCUT2D eigenvalue weighted by Gasteiger charge is -2.16. The number of carbonyl (C=O) groups excluding carboxylic acids is 1. The van der Waals surface area contributed by atoms with E-state index in [0.29, 0.717) is 0 Å². The van der Waals surface area contributed by atoms with E-state index in [0.717, 1.165) is 65.2 Å². The van der Waals surface area contributed by atoms with E-state index in [2.05, 4.69) is 10.8 Å². The molecule has 0 N–H and O–H groups in total. The van der Waals surface area contributed by atoms with Crippen molar-refractivity contribution in [1.82, 2.24) is 0 Å². The summed E-state index contributed by atoms with van der Waals surface area (Å²) in [5.41, 5.74) is 5.60. The maximum atomic E-state index is 12.8. The fourth-order valence-corrected chi connectivity index (χ4v) is 5.35. The molecule has 3 aromatic carbocycles. The zero-order valence-electron chi connectivity index (χ0n) is 19.0. The van der Waals surface area contributed by atoms with E-state index in [9.17, 15) is 18.0 Å². The molecule has 7 heteroatoms. The molecule has 0 unspecified atom stereocenters. The molecule has 0 saturated heterocycles. The first kappa shape index (κ1) is 24.2. The summed E-state index contributed by atoms with van der Waals surface area (Å²) in [5.74, 6) is 1.18. The fourth-order valence-electron chi connectivity index (χ4n) is 4.18. The summed E-state index contributed by atoms with van der Waals surface area (Å²) in [6.07, 6.45) is -1.35. The van der Waals surface area contributed by atoms with Crippen molar-refractivity contribution in [2.75, 3.05) is 13.7 Å². The summed E-state index contributed by atoms with van der Waals surface area (Å²) in [6.45, 7) is 1.90. The molecule has 34 heavy (non-hydrogen) atoms. The molecule has 0 saturated carbocycles. The van der Waals surface area contributed by atoms with Gasteiger partial charge in [-0.25, -0.2) is 4.79 Å². The van der Waals surface area contributed by atoms with Crippen LogP contribution in [0.15, 0.2) is 59.5 Å². The number of benzene rings is 3. The van der Waals surface area contributed by atoms with Crippen molar-refractivity contribution in [2.24, 2.45) is 0 Å². The highest BCUT2D eigenvalue weighted by molar-refractivity contribution is 7.98. The maximum absolute atomic E-state index is 12.8. The predicted octanol–water partition coefficient (Wildman–Crippen LogP) is 7.01. The molecule has 1 aliphatic carbocycles. The Morgan fingerprint density at radius 2 is 1.59 bits per heavy atom. The number of hydrogen-bond donors (Lipinski definition) is 0. The molecule has 4 rings (SSSR count). The highest BCUT2D eigenvalue weighted by Crippen LogP contribution is 2.41. The van der Waals surface area contributed by atoms with Crippen LogP contribution in [-0.4, -0.2) is 19.7 Å². The number of esters is 1. The lowest BCUT2D eigenvalue weighted by molar-refractivity contribution is -0.143. The van der Waals surface area contributed by atoms with E-state index in [1.165, 1.54) is 35.3 Å². The van der Waals surface area contributed by atoms with Crippen LogP contribution in [0.1, 0.15) is 34.2 Å². The Kier molecular flexibility index (Phi) is 7.22. The highest BCUT2D eigenvalue weighted by Gasteiger charge is 2.30. The summed E-state index contributed by atoms with van der Waals surface area (Å²) in [6, 6.07) is 15.3. The smallest absolute Gasteiger partial charge is 0.416 e. The highest BCUT2D eigenvalue weighted by atomic mass is 32.2. The molecule has 0 fully saturated rings. The normalized spacial score (nSPS) is 13.0. The van der Waals surface area contributed by atoms with Crippen molar-refractivity contribution in [3.8, 4) is 16.9 Å². The molecule has 0 heterocycles. The molecule has 0 atom stereocenters. The quantitative estimate of drug-likeness (QED) is 0.266. The Morgan fingerprint density at radius 1 is 0.971 bits per heavy atom. The maximum Gasteiger partial charge on any atom is 0.416 e. The largest absolute Gasteiger partial charge is 0.481 e. The van der Waals surface area contributed by atoms with Crippen molar-refractivity contribution in [2.45, 2.75) is 43.0 Å². The van der Waals surface area contributed by atoms with Crippen LogP contribution in [0.25, 0.3) is 11.1 Å². The molecule has 1 aliphatic rings. The Balaban J connectivity index is 1.45. The lowest BCUT2D eigenvalue weighted by atomic mass is 10.0. The number of hydrogen-bond acceptors (Lipinski definition) is 4. The van der Waals surface area contributed by atoms with Crippen LogP contribution in [0.4, 0.5) is 13.2 Å². The topological polar surface area (TPSA) is 35.5 Å². The van der Waals surface area contributed by atoms with Crippen molar-refractivity contribution in [3.05, 3.63) is 82.4 Å². The standard InChI is InChI=1S/C27H25F3O3S/c1-17-14-24(22-4-3-5-23(22)26(17)33-15-25(31)32-2)34-16-18-6-8-19(9-7-18)20-10-12-21(13-11-20)27(28,29)30/h6-14H,3-5,15-16H2,1-2H3. The van der Waals surface area contributed by atoms with E-state index < -0.39 is 17.7 Å². The van der Waals surface area contributed by atoms with Gasteiger partial charge in [-0.3, -0.25) is 0 Å². The Hall–Kier alpha value is -2.93. The van der Waals surface area contributed by atoms with Gasteiger partial charge < -0.3 is 9.47 Å². The zero-order chi connectivity index (χ0) is 24.3. The van der Waals surface area contributed by atoms with Gasteiger partial charge in [-0.15, -0.1) is 11.8 Å². The molecule has 0 bridgehead atoms. The second-order valence-corrected chi connectivity index (χ2v) is 9.27. The average Bonchev–Trinajstić information content (AvgIpc) is 3.32. The van der Waals surface area contributed by atoms with Crippen LogP contribution in [-0.2, 0) is 34.3 Å². The van der Waals surface area contributed by atoms with Crippen LogP contribution in [0, 0.1) is 6.92 Å². The molecular weight excluding hydrogens is 461 g/mol. The van der Waals surface area contributed by atoms with Crippen molar-refractivity contribution in [3.63, 3.8) is 0 Å². The van der Waals surface area contributed by atoms with E-state index in [1.807, 2.05) is 31.2 Å². The van der Waals surface area contributed by atoms with Gasteiger partial charge in [0.25, 0.3) is 0 Å². The number of thioether (sulfide) groups is 1. The van der Waals surface area contributed by atoms with E-state index in [4.69, 9.17) is 4.74 Å². The van der Waals surface area contributed by atoms with Gasteiger partial charge in [0.15, 0.2) is 6.61 Å². The van der Waals surface area contributed by atoms with E-state index >= 15 is 0 Å². The molecule has 0 amide bonds. The number of rotatable bonds is 7. The SMILES string of the molecule is COC(=O)COc1c(C)cc(SCc2ccc(-c3ccc(C(F)(F)F)cc3)cc2)c2c1CCC2. The average molecular weight is 487 g/mol. The van der Waals surface area contributed by atoms with Gasteiger partial charge in [-0.1, -0.05) is 36.4 Å².